The number of ketones is 1. The molecule has 0 atom stereocenters. The molecule has 21 heavy (non-hydrogen) atoms. The largest absolute Gasteiger partial charge is 0.295 e. The summed E-state index contributed by atoms with van der Waals surface area (Å²) in [6.07, 6.45) is 2.03. The molecule has 0 bridgehead atoms. The SMILES string of the molecule is CC(=O)c1ccc(S(=O)(=O)N2CCCn3ncnc32)cc1. The van der Waals surface area contributed by atoms with Gasteiger partial charge >= 0.3 is 0 Å². The summed E-state index contributed by atoms with van der Waals surface area (Å²) in [6.45, 7) is 2.47. The molecule has 1 aromatic heterocycles. The van der Waals surface area contributed by atoms with Gasteiger partial charge in [-0.3, -0.25) is 4.79 Å². The summed E-state index contributed by atoms with van der Waals surface area (Å²) in [4.78, 5) is 15.4. The van der Waals surface area contributed by atoms with Gasteiger partial charge in [0, 0.05) is 18.7 Å². The Morgan fingerprint density at radius 1 is 1.19 bits per heavy atom. The summed E-state index contributed by atoms with van der Waals surface area (Å²) >= 11 is 0. The fraction of sp³-hybridized carbons (Fsp3) is 0.308. The number of rotatable bonds is 3. The van der Waals surface area contributed by atoms with Gasteiger partial charge in [0.15, 0.2) is 5.78 Å². The molecule has 2 heterocycles. The van der Waals surface area contributed by atoms with E-state index in [1.165, 1.54) is 41.8 Å². The molecule has 8 heteroatoms. The maximum atomic E-state index is 12.7. The number of nitrogens with zero attached hydrogens (tertiary/aromatic N) is 4. The molecule has 3 rings (SSSR count). The van der Waals surface area contributed by atoms with Gasteiger partial charge in [-0.25, -0.2) is 17.4 Å². The number of fused-ring (bicyclic) bond motifs is 1. The Kier molecular flexibility index (Phi) is 3.25. The lowest BCUT2D eigenvalue weighted by molar-refractivity contribution is 0.101. The Bertz CT molecular complexity index is 780. The van der Waals surface area contributed by atoms with E-state index in [1.54, 1.807) is 4.68 Å². The van der Waals surface area contributed by atoms with Gasteiger partial charge in [0.25, 0.3) is 10.0 Å². The maximum Gasteiger partial charge on any atom is 0.266 e. The summed E-state index contributed by atoms with van der Waals surface area (Å²) in [5.41, 5.74) is 0.482. The fourth-order valence-corrected chi connectivity index (χ4v) is 3.75. The number of hydrogen-bond acceptors (Lipinski definition) is 5. The molecule has 2 aromatic rings. The van der Waals surface area contributed by atoms with Crippen LogP contribution in [0.5, 0.6) is 0 Å². The van der Waals surface area contributed by atoms with E-state index in [0.717, 1.165) is 0 Å². The molecule has 0 saturated heterocycles. The van der Waals surface area contributed by atoms with Crippen LogP contribution in [0.1, 0.15) is 23.7 Å². The van der Waals surface area contributed by atoms with E-state index in [0.29, 0.717) is 31.0 Å². The molecule has 0 spiro atoms. The Labute approximate surface area is 122 Å². The summed E-state index contributed by atoms with van der Waals surface area (Å²) < 4.78 is 28.2. The summed E-state index contributed by atoms with van der Waals surface area (Å²) in [7, 11) is -3.69. The van der Waals surface area contributed by atoms with Crippen LogP contribution in [0.3, 0.4) is 0 Å². The van der Waals surface area contributed by atoms with Crippen LogP contribution in [0, 0.1) is 0 Å². The van der Waals surface area contributed by atoms with Crippen LogP contribution < -0.4 is 4.31 Å². The minimum absolute atomic E-state index is 0.100. The minimum Gasteiger partial charge on any atom is -0.295 e. The normalized spacial score (nSPS) is 14.8. The van der Waals surface area contributed by atoms with Crippen LogP contribution in [0.2, 0.25) is 0 Å². The zero-order chi connectivity index (χ0) is 15.0. The molecule has 110 valence electrons. The molecular weight excluding hydrogens is 292 g/mol. The first-order chi connectivity index (χ1) is 10.00. The fourth-order valence-electron chi connectivity index (χ4n) is 2.29. The van der Waals surface area contributed by atoms with Gasteiger partial charge in [-0.2, -0.15) is 10.1 Å². The smallest absolute Gasteiger partial charge is 0.266 e. The lowest BCUT2D eigenvalue weighted by Crippen LogP contribution is -2.38. The molecule has 0 N–H and O–H groups in total. The number of aryl methyl sites for hydroxylation is 1. The van der Waals surface area contributed by atoms with Gasteiger partial charge in [0.1, 0.15) is 6.33 Å². The molecule has 1 aliphatic heterocycles. The van der Waals surface area contributed by atoms with Crippen molar-refractivity contribution in [1.82, 2.24) is 14.8 Å². The number of sulfonamides is 1. The van der Waals surface area contributed by atoms with Gasteiger partial charge in [-0.05, 0) is 25.5 Å². The Morgan fingerprint density at radius 3 is 2.57 bits per heavy atom. The van der Waals surface area contributed by atoms with Crippen molar-refractivity contribution in [3.63, 3.8) is 0 Å². The van der Waals surface area contributed by atoms with Gasteiger partial charge < -0.3 is 0 Å². The molecule has 0 aliphatic carbocycles. The first-order valence-corrected chi connectivity index (χ1v) is 7.96. The topological polar surface area (TPSA) is 85.2 Å². The molecule has 0 amide bonds. The number of Topliss-reactive ketones (excluding diaryl/α,β-unsaturated/α-hetero) is 1. The van der Waals surface area contributed by atoms with Crippen LogP contribution in [0.25, 0.3) is 0 Å². The average Bonchev–Trinajstić information content (AvgIpc) is 2.95. The predicted molar refractivity (Wildman–Crippen MR) is 75.6 cm³/mol. The molecule has 0 fully saturated rings. The average molecular weight is 306 g/mol. The van der Waals surface area contributed by atoms with E-state index >= 15 is 0 Å². The molecule has 1 aromatic carbocycles. The minimum atomic E-state index is -3.69. The van der Waals surface area contributed by atoms with Crippen LogP contribution in [-0.2, 0) is 16.6 Å². The standard InChI is InChI=1S/C13H14N4O3S/c1-10(18)11-3-5-12(6-4-11)21(19,20)17-8-2-7-16-13(17)14-9-15-16/h3-6,9H,2,7-8H2,1H3. The van der Waals surface area contributed by atoms with Crippen molar-refractivity contribution in [3.05, 3.63) is 36.2 Å². The van der Waals surface area contributed by atoms with Gasteiger partial charge in [0.05, 0.1) is 4.90 Å². The first-order valence-electron chi connectivity index (χ1n) is 6.52. The van der Waals surface area contributed by atoms with E-state index in [1.807, 2.05) is 0 Å². The van der Waals surface area contributed by atoms with E-state index in [-0.39, 0.29) is 10.7 Å². The van der Waals surface area contributed by atoms with Crippen LogP contribution in [-0.4, -0.2) is 35.5 Å². The van der Waals surface area contributed by atoms with Crippen molar-refractivity contribution in [2.24, 2.45) is 0 Å². The third-order valence-corrected chi connectivity index (χ3v) is 5.19. The van der Waals surface area contributed by atoms with Crippen molar-refractivity contribution in [1.29, 1.82) is 0 Å². The number of carbonyl (C=O) groups excluding carboxylic acids is 1. The highest BCUT2D eigenvalue weighted by molar-refractivity contribution is 7.92. The zero-order valence-corrected chi connectivity index (χ0v) is 12.2. The second-order valence-electron chi connectivity index (χ2n) is 4.79. The quantitative estimate of drug-likeness (QED) is 0.792. The monoisotopic (exact) mass is 306 g/mol. The number of anilines is 1. The summed E-state index contributed by atoms with van der Waals surface area (Å²) in [5.74, 6) is 0.230. The van der Waals surface area contributed by atoms with Gasteiger partial charge in [0.2, 0.25) is 5.95 Å². The van der Waals surface area contributed by atoms with E-state index in [2.05, 4.69) is 10.1 Å². The lowest BCUT2D eigenvalue weighted by Gasteiger charge is -2.27. The number of hydrogen-bond donors (Lipinski definition) is 0. The van der Waals surface area contributed by atoms with E-state index in [4.69, 9.17) is 0 Å². The Balaban J connectivity index is 2.00. The molecule has 7 nitrogen and oxygen atoms in total. The van der Waals surface area contributed by atoms with E-state index < -0.39 is 10.0 Å². The molecule has 0 saturated carbocycles. The van der Waals surface area contributed by atoms with Crippen LogP contribution in [0.15, 0.2) is 35.5 Å². The highest BCUT2D eigenvalue weighted by Crippen LogP contribution is 2.25. The van der Waals surface area contributed by atoms with Gasteiger partial charge in [-0.15, -0.1) is 0 Å². The van der Waals surface area contributed by atoms with Crippen LogP contribution >= 0.6 is 0 Å². The Morgan fingerprint density at radius 2 is 1.90 bits per heavy atom. The second-order valence-corrected chi connectivity index (χ2v) is 6.66. The molecule has 0 radical (unpaired) electrons. The lowest BCUT2D eigenvalue weighted by atomic mass is 10.2. The Hall–Kier alpha value is -2.22. The van der Waals surface area contributed by atoms with Crippen molar-refractivity contribution in [3.8, 4) is 0 Å². The third kappa shape index (κ3) is 2.31. The van der Waals surface area contributed by atoms with Crippen molar-refractivity contribution in [2.45, 2.75) is 24.8 Å². The maximum absolute atomic E-state index is 12.7. The number of benzene rings is 1. The third-order valence-electron chi connectivity index (χ3n) is 3.40. The van der Waals surface area contributed by atoms with Gasteiger partial charge in [-0.1, -0.05) is 12.1 Å². The van der Waals surface area contributed by atoms with Crippen molar-refractivity contribution in [2.75, 3.05) is 10.8 Å². The van der Waals surface area contributed by atoms with Crippen LogP contribution in [0.4, 0.5) is 5.95 Å². The zero-order valence-electron chi connectivity index (χ0n) is 11.4. The highest BCUT2D eigenvalue weighted by atomic mass is 32.2. The highest BCUT2D eigenvalue weighted by Gasteiger charge is 2.30. The molecular formula is C13H14N4O3S. The van der Waals surface area contributed by atoms with Crippen molar-refractivity contribution < 1.29 is 13.2 Å². The summed E-state index contributed by atoms with van der Waals surface area (Å²) in [5, 5.41) is 4.01. The molecule has 1 aliphatic rings. The number of aromatic nitrogens is 3. The van der Waals surface area contributed by atoms with Crippen molar-refractivity contribution >= 4 is 21.8 Å². The summed E-state index contributed by atoms with van der Waals surface area (Å²) in [6, 6.07) is 5.93. The second kappa shape index (κ2) is 4.96. The van der Waals surface area contributed by atoms with E-state index in [9.17, 15) is 13.2 Å². The molecule has 0 unspecified atom stereocenters. The number of carbonyl (C=O) groups is 1. The predicted octanol–water partition coefficient (Wildman–Crippen LogP) is 1.08. The first kappa shape index (κ1) is 13.7.